The van der Waals surface area contributed by atoms with Crippen LogP contribution in [-0.2, 0) is 9.53 Å². The molecule has 0 radical (unpaired) electrons. The number of para-hydroxylation sites is 2. The van der Waals surface area contributed by atoms with E-state index in [0.717, 1.165) is 34.3 Å². The van der Waals surface area contributed by atoms with Crippen LogP contribution in [0.5, 0.6) is 11.5 Å². The van der Waals surface area contributed by atoms with Gasteiger partial charge in [0.15, 0.2) is 0 Å². The van der Waals surface area contributed by atoms with Crippen LogP contribution in [0.15, 0.2) is 107 Å². The number of hydrogen-bond donors (Lipinski definition) is 0. The third-order valence-electron chi connectivity index (χ3n) is 10.3. The summed E-state index contributed by atoms with van der Waals surface area (Å²) in [5, 5.41) is 2.43. The largest absolute Gasteiger partial charge is 0.457 e. The fourth-order valence-corrected chi connectivity index (χ4v) is 48.1. The lowest BCUT2D eigenvalue weighted by Gasteiger charge is -2.55. The van der Waals surface area contributed by atoms with Crippen LogP contribution < -0.4 is 15.1 Å². The molecule has 7 rings (SSSR count). The van der Waals surface area contributed by atoms with E-state index in [2.05, 4.69) is 203 Å². The Balaban J connectivity index is 1.65. The van der Waals surface area contributed by atoms with Crippen molar-refractivity contribution in [3.05, 3.63) is 119 Å². The molecule has 0 saturated carbocycles. The lowest BCUT2D eigenvalue weighted by molar-refractivity contribution is 0.282. The normalized spacial score (nSPS) is 22.9. The highest BCUT2D eigenvalue weighted by Gasteiger charge is 2.69. The van der Waals surface area contributed by atoms with Gasteiger partial charge >= 0.3 is 16.3 Å². The monoisotopic (exact) mass is 806 g/mol. The zero-order valence-electron chi connectivity index (χ0n) is 35.3. The molecule has 1 saturated heterocycles. The van der Waals surface area contributed by atoms with Gasteiger partial charge in [0.2, 0.25) is 0 Å². The van der Waals surface area contributed by atoms with Crippen molar-refractivity contribution in [1.82, 2.24) is 9.13 Å². The second-order valence-corrected chi connectivity index (χ2v) is 35.6. The molecule has 4 aromatic rings. The van der Waals surface area contributed by atoms with E-state index in [9.17, 15) is 0 Å². The number of amidine groups is 2. The van der Waals surface area contributed by atoms with Crippen molar-refractivity contribution < 1.29 is 8.85 Å². The van der Waals surface area contributed by atoms with Crippen molar-refractivity contribution >= 4 is 54.0 Å². The highest BCUT2D eigenvalue weighted by atomic mass is 32.2. The lowest BCUT2D eigenvalue weighted by atomic mass is 9.76. The van der Waals surface area contributed by atoms with E-state index in [0.29, 0.717) is 15.6 Å². The van der Waals surface area contributed by atoms with Crippen LogP contribution in [0.4, 0.5) is 0 Å². The smallest absolute Gasteiger partial charge is 0.358 e. The first kappa shape index (κ1) is 40.1. The molecule has 0 aliphatic carbocycles. The molecule has 4 bridgehead atoms. The first-order chi connectivity index (χ1) is 25.5. The van der Waals surface area contributed by atoms with Gasteiger partial charge in [0.1, 0.15) is 23.2 Å². The van der Waals surface area contributed by atoms with Gasteiger partial charge in [0, 0.05) is 49.1 Å². The molecular formula is C45H60N4O2P2Si2. The Morgan fingerprint density at radius 2 is 0.891 bits per heavy atom. The molecule has 4 atom stereocenters. The maximum atomic E-state index is 8.70. The van der Waals surface area contributed by atoms with Gasteiger partial charge in [-0.1, -0.05) is 127 Å². The Labute approximate surface area is 335 Å². The molecule has 0 aromatic heterocycles. The third-order valence-corrected chi connectivity index (χ3v) is 36.6. The average Bonchev–Trinajstić information content (AvgIpc) is 3.47. The standard InChI is InChI=1S/C45H60N4O2P2Si2/c1-41(2,3)46-39(31-23-17-15-18-24-31)48(43(7,8)9)54-35-29-21-27-33-37(35)50-38-34(45(33,13)14)28-22-30-36(38)55(51-54,53-52-54)49(44(10,11)12)40(47-42(4,5)6)32-25-19-16-20-26-32/h15-30,52-53H,1-14H3/t54-,55-/m0/s1. The zero-order valence-corrected chi connectivity index (χ0v) is 39.3. The van der Waals surface area contributed by atoms with Gasteiger partial charge in [-0.2, -0.15) is 0 Å². The van der Waals surface area contributed by atoms with Crippen LogP contribution in [0.3, 0.4) is 0 Å². The summed E-state index contributed by atoms with van der Waals surface area (Å²) in [5.41, 5.74) is 2.95. The summed E-state index contributed by atoms with van der Waals surface area (Å²) >= 11 is 0. The molecule has 3 heterocycles. The predicted octanol–water partition coefficient (Wildman–Crippen LogP) is 10.4. The maximum absolute atomic E-state index is 8.70. The minimum atomic E-state index is -3.27. The second kappa shape index (κ2) is 13.5. The van der Waals surface area contributed by atoms with Gasteiger partial charge < -0.3 is 18.0 Å². The van der Waals surface area contributed by atoms with E-state index in [1.165, 1.54) is 21.5 Å². The van der Waals surface area contributed by atoms with E-state index < -0.39 is 16.3 Å². The topological polar surface area (TPSA) is 49.7 Å². The number of fused-ring (bicyclic) bond motifs is 4. The molecule has 0 amide bonds. The summed E-state index contributed by atoms with van der Waals surface area (Å²) in [6.07, 6.45) is 0. The summed E-state index contributed by atoms with van der Waals surface area (Å²) < 4.78 is 21.6. The molecule has 0 spiro atoms. The Morgan fingerprint density at radius 3 is 1.22 bits per heavy atom. The summed E-state index contributed by atoms with van der Waals surface area (Å²) in [4.78, 5) is 11.3. The van der Waals surface area contributed by atoms with Gasteiger partial charge in [-0.25, -0.2) is 0 Å². The highest BCUT2D eigenvalue weighted by molar-refractivity contribution is 8.43. The number of ether oxygens (including phenoxy) is 1. The average molecular weight is 807 g/mol. The van der Waals surface area contributed by atoms with Crippen molar-refractivity contribution in [2.45, 2.75) is 125 Å². The summed E-state index contributed by atoms with van der Waals surface area (Å²) in [5.74, 6) is 3.94. The van der Waals surface area contributed by atoms with Crippen molar-refractivity contribution in [1.29, 1.82) is 0 Å². The fourth-order valence-electron chi connectivity index (χ4n) is 8.36. The maximum Gasteiger partial charge on any atom is 0.358 e. The van der Waals surface area contributed by atoms with Crippen LogP contribution in [0.25, 0.3) is 0 Å². The van der Waals surface area contributed by atoms with Crippen molar-refractivity contribution in [2.75, 3.05) is 0 Å². The summed E-state index contributed by atoms with van der Waals surface area (Å²) in [6, 6.07) is 35.3. The lowest BCUT2D eigenvalue weighted by Crippen LogP contribution is -2.76. The number of nitrogens with zero attached hydrogens (tertiary/aromatic N) is 4. The Morgan fingerprint density at radius 1 is 0.527 bits per heavy atom. The van der Waals surface area contributed by atoms with Crippen LogP contribution in [0, 0.1) is 0 Å². The SMILES string of the molecule is CC(C)(C)N=C(c1ccccc1)N(C(C)(C)C)[Si@@]12O[Si@](N(C(=NC(C)(C)C)c3ccccc3)C(C)(C)C)(PP1)c1cccc3c1Oc1c(cccc12)C3(C)C. The van der Waals surface area contributed by atoms with Crippen molar-refractivity contribution in [3.63, 3.8) is 0 Å². The number of aliphatic imine (C=N–C) groups is 2. The van der Waals surface area contributed by atoms with E-state index in [1.54, 1.807) is 0 Å². The molecule has 55 heavy (non-hydrogen) atoms. The quantitative estimate of drug-likeness (QED) is 0.0892. The third kappa shape index (κ3) is 6.99. The molecular weight excluding hydrogens is 747 g/mol. The van der Waals surface area contributed by atoms with E-state index >= 15 is 0 Å². The first-order valence-corrected chi connectivity index (χ1v) is 28.3. The van der Waals surface area contributed by atoms with Gasteiger partial charge in [-0.15, -0.1) is 0 Å². The van der Waals surface area contributed by atoms with Crippen molar-refractivity contribution in [2.24, 2.45) is 9.98 Å². The Hall–Kier alpha value is -3.13. The number of rotatable bonds is 4. The molecule has 2 unspecified atom stereocenters. The van der Waals surface area contributed by atoms with Crippen LogP contribution in [-0.4, -0.2) is 59.3 Å². The van der Waals surface area contributed by atoms with Gasteiger partial charge in [0.25, 0.3) is 0 Å². The predicted molar refractivity (Wildman–Crippen MR) is 242 cm³/mol. The van der Waals surface area contributed by atoms with Gasteiger partial charge in [-0.05, 0) is 83.1 Å². The zero-order chi connectivity index (χ0) is 40.0. The van der Waals surface area contributed by atoms with Gasteiger partial charge in [0.05, 0.1) is 11.1 Å². The minimum absolute atomic E-state index is 0.286. The molecule has 290 valence electrons. The van der Waals surface area contributed by atoms with E-state index in [-0.39, 0.29) is 27.6 Å². The van der Waals surface area contributed by atoms with Crippen LogP contribution >= 0.6 is 15.6 Å². The fraction of sp³-hybridized carbons (Fsp3) is 0.422. The summed E-state index contributed by atoms with van der Waals surface area (Å²) in [6.45, 7) is 32.0. The van der Waals surface area contributed by atoms with E-state index in [1.807, 2.05) is 0 Å². The first-order valence-electron chi connectivity index (χ1n) is 19.6. The molecule has 0 N–H and O–H groups in total. The van der Waals surface area contributed by atoms with Crippen LogP contribution in [0.1, 0.15) is 119 Å². The van der Waals surface area contributed by atoms with Gasteiger partial charge in [-0.3, -0.25) is 9.98 Å². The number of hydrogen-bond acceptors (Lipinski definition) is 4. The molecule has 6 nitrogen and oxygen atoms in total. The van der Waals surface area contributed by atoms with E-state index in [4.69, 9.17) is 18.8 Å². The molecule has 1 fully saturated rings. The summed E-state index contributed by atoms with van der Waals surface area (Å²) in [7, 11) is -5.50. The molecule has 3 aliphatic heterocycles. The molecule has 3 aliphatic rings. The number of benzene rings is 4. The van der Waals surface area contributed by atoms with Crippen molar-refractivity contribution in [3.8, 4) is 11.5 Å². The Bertz CT molecular complexity index is 2010. The minimum Gasteiger partial charge on any atom is -0.457 e. The highest BCUT2D eigenvalue weighted by Crippen LogP contribution is 2.66. The molecule has 4 aromatic carbocycles. The Kier molecular flexibility index (Phi) is 9.83. The second-order valence-electron chi connectivity index (χ2n) is 19.7. The molecule has 10 heteroatoms. The van der Waals surface area contributed by atoms with Crippen LogP contribution in [0.2, 0.25) is 0 Å².